The second-order valence-corrected chi connectivity index (χ2v) is 6.98. The highest BCUT2D eigenvalue weighted by atomic mass is 35.5. The van der Waals surface area contributed by atoms with Crippen LogP contribution in [0, 0.1) is 10.1 Å². The van der Waals surface area contributed by atoms with E-state index in [1.165, 1.54) is 69.9 Å². The lowest BCUT2D eigenvalue weighted by Gasteiger charge is -2.07. The number of rotatable bonds is 16. The van der Waals surface area contributed by atoms with Crippen molar-refractivity contribution in [3.8, 4) is 5.75 Å². The second kappa shape index (κ2) is 16.2. The van der Waals surface area contributed by atoms with Crippen LogP contribution in [0.5, 0.6) is 5.75 Å². The molecule has 7 heteroatoms. The molecule has 1 aromatic rings. The number of halogens is 1. The first-order valence-electron chi connectivity index (χ1n) is 10.2. The van der Waals surface area contributed by atoms with Gasteiger partial charge in [-0.2, -0.15) is 0 Å². The Morgan fingerprint density at radius 2 is 1.46 bits per heavy atom. The van der Waals surface area contributed by atoms with Gasteiger partial charge in [0.05, 0.1) is 17.1 Å². The summed E-state index contributed by atoms with van der Waals surface area (Å²) in [7, 11) is 0. The first kappa shape index (κ1) is 26.2. The molecule has 0 aliphatic carbocycles. The summed E-state index contributed by atoms with van der Waals surface area (Å²) in [6, 6.07) is 3.73. The lowest BCUT2D eigenvalue weighted by atomic mass is 10.1. The van der Waals surface area contributed by atoms with Crippen molar-refractivity contribution >= 4 is 24.1 Å². The Morgan fingerprint density at radius 3 is 1.93 bits per heavy atom. The normalized spacial score (nSPS) is 10.3. The molecule has 1 aromatic carbocycles. The van der Waals surface area contributed by atoms with Crippen molar-refractivity contribution in [2.24, 2.45) is 0 Å². The minimum atomic E-state index is -1.19. The zero-order chi connectivity index (χ0) is 19.9. The van der Waals surface area contributed by atoms with Crippen molar-refractivity contribution in [1.82, 2.24) is 0 Å². The molecule has 0 saturated heterocycles. The van der Waals surface area contributed by atoms with Crippen molar-refractivity contribution < 1.29 is 19.6 Å². The topological polar surface area (TPSA) is 89.7 Å². The van der Waals surface area contributed by atoms with E-state index in [4.69, 9.17) is 9.84 Å². The molecular weight excluding hydrogens is 382 g/mol. The first-order chi connectivity index (χ1) is 13.1. The third-order valence-corrected chi connectivity index (χ3v) is 4.66. The summed E-state index contributed by atoms with van der Waals surface area (Å²) < 4.78 is 5.49. The van der Waals surface area contributed by atoms with Gasteiger partial charge in [0, 0.05) is 6.07 Å². The molecule has 0 bridgehead atoms. The van der Waals surface area contributed by atoms with Crippen molar-refractivity contribution in [3.63, 3.8) is 0 Å². The van der Waals surface area contributed by atoms with Crippen molar-refractivity contribution in [2.75, 3.05) is 6.61 Å². The predicted octanol–water partition coefficient (Wildman–Crippen LogP) is 6.79. The average Bonchev–Trinajstić information content (AvgIpc) is 2.65. The molecule has 6 nitrogen and oxygen atoms in total. The van der Waals surface area contributed by atoms with Crippen LogP contribution in [0.3, 0.4) is 0 Å². The Hall–Kier alpha value is -1.82. The third-order valence-electron chi connectivity index (χ3n) is 4.66. The van der Waals surface area contributed by atoms with E-state index < -0.39 is 10.9 Å². The number of nitro groups is 1. The fraction of sp³-hybridized carbons (Fsp3) is 0.667. The van der Waals surface area contributed by atoms with Gasteiger partial charge < -0.3 is 9.84 Å². The van der Waals surface area contributed by atoms with Crippen LogP contribution in [-0.2, 0) is 0 Å². The fourth-order valence-corrected chi connectivity index (χ4v) is 3.04. The molecule has 0 fully saturated rings. The predicted molar refractivity (Wildman–Crippen MR) is 114 cm³/mol. The van der Waals surface area contributed by atoms with Gasteiger partial charge in [-0.05, 0) is 18.6 Å². The van der Waals surface area contributed by atoms with Gasteiger partial charge in [-0.3, -0.25) is 10.1 Å². The summed E-state index contributed by atoms with van der Waals surface area (Å²) in [6.45, 7) is 2.64. The zero-order valence-electron chi connectivity index (χ0n) is 16.9. The number of benzene rings is 1. The minimum absolute atomic E-state index is 0. The van der Waals surface area contributed by atoms with E-state index in [0.717, 1.165) is 25.3 Å². The van der Waals surface area contributed by atoms with Crippen molar-refractivity contribution in [2.45, 2.75) is 84.0 Å². The molecule has 0 atom stereocenters. The highest BCUT2D eigenvalue weighted by Gasteiger charge is 2.18. The highest BCUT2D eigenvalue weighted by Crippen LogP contribution is 2.28. The number of aromatic carboxylic acids is 1. The Bertz CT molecular complexity index is 580. The van der Waals surface area contributed by atoms with Crippen molar-refractivity contribution in [1.29, 1.82) is 0 Å². The molecule has 0 unspecified atom stereocenters. The number of carbonyl (C=O) groups is 1. The van der Waals surface area contributed by atoms with Crippen molar-refractivity contribution in [3.05, 3.63) is 33.9 Å². The highest BCUT2D eigenvalue weighted by molar-refractivity contribution is 5.88. The Balaban J connectivity index is 0.00000729. The van der Waals surface area contributed by atoms with Crippen LogP contribution >= 0.6 is 12.4 Å². The molecule has 160 valence electrons. The standard InChI is InChI=1S/C21H33NO5.ClH/c1-2-3-4-5-6-7-8-9-10-11-12-13-16-27-20-15-14-18(21(23)24)17-19(20)22(25)26;/h14-15,17H,2-13,16H2,1H3,(H,23,24);1H. The van der Waals surface area contributed by atoms with Crippen LogP contribution in [0.15, 0.2) is 18.2 Å². The number of nitrogens with zero attached hydrogens (tertiary/aromatic N) is 1. The van der Waals surface area contributed by atoms with Crippen LogP contribution in [0.1, 0.15) is 94.3 Å². The number of hydrogen-bond acceptors (Lipinski definition) is 4. The summed E-state index contributed by atoms with van der Waals surface area (Å²) in [5.74, 6) is -1.06. The maximum atomic E-state index is 11.1. The summed E-state index contributed by atoms with van der Waals surface area (Å²) in [5.41, 5.74) is -0.409. The number of carboxylic acids is 1. The van der Waals surface area contributed by atoms with Gasteiger partial charge >= 0.3 is 11.7 Å². The van der Waals surface area contributed by atoms with E-state index in [1.807, 2.05) is 0 Å². The van der Waals surface area contributed by atoms with Crippen LogP contribution in [0.25, 0.3) is 0 Å². The maximum Gasteiger partial charge on any atom is 0.335 e. The summed E-state index contributed by atoms with van der Waals surface area (Å²) in [6.07, 6.45) is 14.9. The summed E-state index contributed by atoms with van der Waals surface area (Å²) in [4.78, 5) is 21.4. The molecule has 0 aliphatic rings. The number of ether oxygens (including phenoxy) is 1. The van der Waals surface area contributed by atoms with Gasteiger partial charge in [0.2, 0.25) is 0 Å². The number of nitro benzene ring substituents is 1. The molecule has 0 saturated carbocycles. The third kappa shape index (κ3) is 11.1. The smallest absolute Gasteiger partial charge is 0.335 e. The number of unbranched alkanes of at least 4 members (excludes halogenated alkanes) is 11. The van der Waals surface area contributed by atoms with Crippen LogP contribution < -0.4 is 4.74 Å². The van der Waals surface area contributed by atoms with Gasteiger partial charge in [0.1, 0.15) is 0 Å². The van der Waals surface area contributed by atoms with Gasteiger partial charge in [-0.15, -0.1) is 12.4 Å². The largest absolute Gasteiger partial charge is 0.487 e. The average molecular weight is 416 g/mol. The Morgan fingerprint density at radius 1 is 0.964 bits per heavy atom. The quantitative estimate of drug-likeness (QED) is 0.182. The molecular formula is C21H34ClNO5. The first-order valence-corrected chi connectivity index (χ1v) is 10.2. The summed E-state index contributed by atoms with van der Waals surface area (Å²) >= 11 is 0. The van der Waals surface area contributed by atoms with E-state index in [0.29, 0.717) is 6.61 Å². The van der Waals surface area contributed by atoms with Gasteiger partial charge in [0.15, 0.2) is 5.75 Å². The van der Waals surface area contributed by atoms with Crippen LogP contribution in [0.2, 0.25) is 0 Å². The van der Waals surface area contributed by atoms with Gasteiger partial charge in [-0.25, -0.2) is 4.79 Å². The molecule has 0 aromatic heterocycles. The molecule has 28 heavy (non-hydrogen) atoms. The molecule has 1 rings (SSSR count). The van der Waals surface area contributed by atoms with Crippen LogP contribution in [-0.4, -0.2) is 22.6 Å². The molecule has 0 radical (unpaired) electrons. The van der Waals surface area contributed by atoms with E-state index in [1.54, 1.807) is 0 Å². The molecule has 0 amide bonds. The SMILES string of the molecule is CCCCCCCCCCCCCCOc1ccc(C(=O)O)cc1[N+](=O)[O-].Cl. The Labute approximate surface area is 174 Å². The van der Waals surface area contributed by atoms with E-state index in [2.05, 4.69) is 6.92 Å². The molecule has 0 aliphatic heterocycles. The lowest BCUT2D eigenvalue weighted by Crippen LogP contribution is -2.03. The second-order valence-electron chi connectivity index (χ2n) is 6.98. The van der Waals surface area contributed by atoms with E-state index >= 15 is 0 Å². The van der Waals surface area contributed by atoms with Crippen LogP contribution in [0.4, 0.5) is 5.69 Å². The molecule has 1 N–H and O–H groups in total. The number of carboxylic acid groups (broad SMARTS) is 1. The monoisotopic (exact) mass is 415 g/mol. The van der Waals surface area contributed by atoms with Gasteiger partial charge in [0.25, 0.3) is 0 Å². The lowest BCUT2D eigenvalue weighted by molar-refractivity contribution is -0.385. The van der Waals surface area contributed by atoms with E-state index in [-0.39, 0.29) is 29.4 Å². The zero-order valence-corrected chi connectivity index (χ0v) is 17.7. The summed E-state index contributed by atoms with van der Waals surface area (Å²) in [5, 5.41) is 20.0. The number of hydrogen-bond donors (Lipinski definition) is 1. The Kier molecular flexibility index (Phi) is 15.1. The maximum absolute atomic E-state index is 11.1. The molecule has 0 spiro atoms. The van der Waals surface area contributed by atoms with Gasteiger partial charge in [-0.1, -0.05) is 77.6 Å². The molecule has 0 heterocycles. The van der Waals surface area contributed by atoms with E-state index in [9.17, 15) is 14.9 Å². The fourth-order valence-electron chi connectivity index (χ4n) is 3.04. The minimum Gasteiger partial charge on any atom is -0.487 e.